The van der Waals surface area contributed by atoms with Crippen molar-refractivity contribution in [1.29, 1.82) is 0 Å². The van der Waals surface area contributed by atoms with Crippen LogP contribution in [0.1, 0.15) is 11.1 Å². The molecule has 0 unspecified atom stereocenters. The van der Waals surface area contributed by atoms with E-state index in [-0.39, 0.29) is 18.5 Å². The molecule has 2 heterocycles. The Labute approximate surface area is 119 Å². The summed E-state index contributed by atoms with van der Waals surface area (Å²) in [7, 11) is 0. The van der Waals surface area contributed by atoms with Gasteiger partial charge in [-0.05, 0) is 42.0 Å². The van der Waals surface area contributed by atoms with E-state index in [1.165, 1.54) is 12.1 Å². The van der Waals surface area contributed by atoms with Crippen molar-refractivity contribution in [3.8, 4) is 11.5 Å². The first-order valence-corrected chi connectivity index (χ1v) is 6.43. The number of rotatable bonds is 1. The smallest absolute Gasteiger partial charge is 0.256 e. The lowest BCUT2D eigenvalue weighted by atomic mass is 10.0. The normalized spacial score (nSPS) is 17.0. The molecule has 0 fully saturated rings. The predicted molar refractivity (Wildman–Crippen MR) is 75.5 cm³/mol. The molecule has 2 aromatic rings. The molecular formula is C16H10FNO3. The van der Waals surface area contributed by atoms with Crippen molar-refractivity contribution in [3.63, 3.8) is 0 Å². The Balaban J connectivity index is 1.80. The molecule has 0 radical (unpaired) electrons. The van der Waals surface area contributed by atoms with Gasteiger partial charge in [-0.3, -0.25) is 4.79 Å². The van der Waals surface area contributed by atoms with Crippen molar-refractivity contribution in [2.24, 2.45) is 0 Å². The minimum absolute atomic E-state index is 0.198. The number of amides is 1. The van der Waals surface area contributed by atoms with Gasteiger partial charge >= 0.3 is 0 Å². The van der Waals surface area contributed by atoms with Crippen LogP contribution in [0.4, 0.5) is 10.1 Å². The van der Waals surface area contributed by atoms with Gasteiger partial charge in [0.25, 0.3) is 5.91 Å². The molecule has 4 nitrogen and oxygen atoms in total. The van der Waals surface area contributed by atoms with Crippen molar-refractivity contribution < 1.29 is 18.7 Å². The number of ether oxygens (including phenoxy) is 2. The van der Waals surface area contributed by atoms with Crippen LogP contribution >= 0.6 is 0 Å². The highest BCUT2D eigenvalue weighted by atomic mass is 19.1. The maximum absolute atomic E-state index is 13.4. The van der Waals surface area contributed by atoms with Gasteiger partial charge in [0.2, 0.25) is 6.79 Å². The molecule has 4 rings (SSSR count). The number of hydrogen-bond acceptors (Lipinski definition) is 3. The maximum atomic E-state index is 13.4. The van der Waals surface area contributed by atoms with E-state index in [9.17, 15) is 9.18 Å². The molecule has 0 aromatic heterocycles. The van der Waals surface area contributed by atoms with Crippen LogP contribution in [0, 0.1) is 5.82 Å². The first kappa shape index (κ1) is 12.0. The molecule has 2 aromatic carbocycles. The number of hydrogen-bond donors (Lipinski definition) is 1. The average molecular weight is 283 g/mol. The molecule has 0 saturated heterocycles. The van der Waals surface area contributed by atoms with E-state index >= 15 is 0 Å². The molecule has 0 atom stereocenters. The Kier molecular flexibility index (Phi) is 2.47. The monoisotopic (exact) mass is 283 g/mol. The van der Waals surface area contributed by atoms with Gasteiger partial charge in [-0.25, -0.2) is 4.39 Å². The molecule has 1 N–H and O–H groups in total. The standard InChI is InChI=1S/C16H10FNO3/c17-10-2-3-13-11(7-10)12(16(19)18-13)5-9-1-4-14-15(6-9)21-8-20-14/h1-7H,8H2,(H,18,19). The van der Waals surface area contributed by atoms with Crippen molar-refractivity contribution in [3.05, 3.63) is 53.3 Å². The lowest BCUT2D eigenvalue weighted by Gasteiger charge is -2.01. The summed E-state index contributed by atoms with van der Waals surface area (Å²) in [5.41, 5.74) is 2.41. The molecule has 0 aliphatic carbocycles. The fraction of sp³-hybridized carbons (Fsp3) is 0.0625. The minimum Gasteiger partial charge on any atom is -0.454 e. The summed E-state index contributed by atoms with van der Waals surface area (Å²) in [6.07, 6.45) is 1.71. The van der Waals surface area contributed by atoms with E-state index < -0.39 is 0 Å². The number of halogens is 1. The van der Waals surface area contributed by atoms with E-state index in [0.29, 0.717) is 28.3 Å². The van der Waals surface area contributed by atoms with Crippen LogP contribution in [0.25, 0.3) is 11.6 Å². The van der Waals surface area contributed by atoms with Crippen molar-refractivity contribution >= 4 is 23.2 Å². The molecule has 1 amide bonds. The SMILES string of the molecule is O=C1Nc2ccc(F)cc2C1=Cc1ccc2c(c1)OCO2. The van der Waals surface area contributed by atoms with Crippen LogP contribution in [-0.2, 0) is 4.79 Å². The fourth-order valence-electron chi connectivity index (χ4n) is 2.47. The fourth-order valence-corrected chi connectivity index (χ4v) is 2.47. The number of fused-ring (bicyclic) bond motifs is 2. The van der Waals surface area contributed by atoms with Gasteiger partial charge in [-0.1, -0.05) is 6.07 Å². The number of carbonyl (C=O) groups excluding carboxylic acids is 1. The van der Waals surface area contributed by atoms with Gasteiger partial charge < -0.3 is 14.8 Å². The van der Waals surface area contributed by atoms with Gasteiger partial charge in [0.1, 0.15) is 5.82 Å². The third kappa shape index (κ3) is 1.94. The van der Waals surface area contributed by atoms with E-state index in [0.717, 1.165) is 5.56 Å². The first-order chi connectivity index (χ1) is 10.2. The summed E-state index contributed by atoms with van der Waals surface area (Å²) < 4.78 is 23.9. The second-order valence-electron chi connectivity index (χ2n) is 4.81. The summed E-state index contributed by atoms with van der Waals surface area (Å²) >= 11 is 0. The van der Waals surface area contributed by atoms with Crippen molar-refractivity contribution in [2.75, 3.05) is 12.1 Å². The minimum atomic E-state index is -0.373. The molecule has 0 saturated carbocycles. The quantitative estimate of drug-likeness (QED) is 0.818. The lowest BCUT2D eigenvalue weighted by molar-refractivity contribution is -0.110. The van der Waals surface area contributed by atoms with Gasteiger partial charge in [0.05, 0.1) is 0 Å². The molecule has 21 heavy (non-hydrogen) atoms. The average Bonchev–Trinajstić information content (AvgIpc) is 3.04. The van der Waals surface area contributed by atoms with Crippen LogP contribution < -0.4 is 14.8 Å². The van der Waals surface area contributed by atoms with Gasteiger partial charge in [0, 0.05) is 16.8 Å². The van der Waals surface area contributed by atoms with Gasteiger partial charge in [-0.15, -0.1) is 0 Å². The Bertz CT molecular complexity index is 798. The summed E-state index contributed by atoms with van der Waals surface area (Å²) in [4.78, 5) is 12.0. The van der Waals surface area contributed by atoms with Crippen LogP contribution in [0.3, 0.4) is 0 Å². The molecule has 2 aliphatic rings. The predicted octanol–water partition coefficient (Wildman–Crippen LogP) is 3.05. The zero-order valence-electron chi connectivity index (χ0n) is 10.9. The largest absolute Gasteiger partial charge is 0.454 e. The molecule has 104 valence electrons. The lowest BCUT2D eigenvalue weighted by Crippen LogP contribution is -2.03. The van der Waals surface area contributed by atoms with Crippen molar-refractivity contribution in [2.45, 2.75) is 0 Å². The van der Waals surface area contributed by atoms with E-state index in [4.69, 9.17) is 9.47 Å². The van der Waals surface area contributed by atoms with Crippen LogP contribution in [0.15, 0.2) is 36.4 Å². The summed E-state index contributed by atoms with van der Waals surface area (Å²) in [5, 5.41) is 2.72. The zero-order valence-corrected chi connectivity index (χ0v) is 10.9. The number of anilines is 1. The summed E-state index contributed by atoms with van der Waals surface area (Å²) in [6, 6.07) is 9.64. The molecule has 5 heteroatoms. The number of benzene rings is 2. The summed E-state index contributed by atoms with van der Waals surface area (Å²) in [5.74, 6) is 0.705. The van der Waals surface area contributed by atoms with Gasteiger partial charge in [-0.2, -0.15) is 0 Å². The van der Waals surface area contributed by atoms with E-state index in [2.05, 4.69) is 5.32 Å². The third-order valence-corrected chi connectivity index (χ3v) is 3.47. The highest BCUT2D eigenvalue weighted by Gasteiger charge is 2.24. The van der Waals surface area contributed by atoms with Crippen LogP contribution in [0.2, 0.25) is 0 Å². The molecule has 0 spiro atoms. The second kappa shape index (κ2) is 4.34. The highest BCUT2D eigenvalue weighted by Crippen LogP contribution is 2.36. The van der Waals surface area contributed by atoms with Gasteiger partial charge in [0.15, 0.2) is 11.5 Å². The zero-order chi connectivity index (χ0) is 14.4. The molecular weight excluding hydrogens is 273 g/mol. The molecule has 2 aliphatic heterocycles. The Morgan fingerprint density at radius 3 is 2.86 bits per heavy atom. The highest BCUT2D eigenvalue weighted by molar-refractivity contribution is 6.34. The van der Waals surface area contributed by atoms with Crippen LogP contribution in [0.5, 0.6) is 11.5 Å². The van der Waals surface area contributed by atoms with Crippen molar-refractivity contribution in [1.82, 2.24) is 0 Å². The Morgan fingerprint density at radius 2 is 1.95 bits per heavy atom. The Hall–Kier alpha value is -2.82. The topological polar surface area (TPSA) is 47.6 Å². The number of carbonyl (C=O) groups is 1. The third-order valence-electron chi connectivity index (χ3n) is 3.47. The summed E-state index contributed by atoms with van der Waals surface area (Å²) in [6.45, 7) is 0.198. The van der Waals surface area contributed by atoms with E-state index in [1.807, 2.05) is 6.07 Å². The van der Waals surface area contributed by atoms with E-state index in [1.54, 1.807) is 24.3 Å². The Morgan fingerprint density at radius 1 is 1.10 bits per heavy atom. The second-order valence-corrected chi connectivity index (χ2v) is 4.81. The van der Waals surface area contributed by atoms with Crippen LogP contribution in [-0.4, -0.2) is 12.7 Å². The molecule has 0 bridgehead atoms. The maximum Gasteiger partial charge on any atom is 0.256 e. The first-order valence-electron chi connectivity index (χ1n) is 6.43. The number of nitrogens with one attached hydrogen (secondary N) is 1.